The van der Waals surface area contributed by atoms with E-state index in [1.165, 1.54) is 0 Å². The highest BCUT2D eigenvalue weighted by atomic mass is 32.5. The Balaban J connectivity index is 1.56. The minimum atomic E-state index is -9.74. The Morgan fingerprint density at radius 2 is 1.75 bits per heavy atom. The fourth-order valence-electron chi connectivity index (χ4n) is 2.92. The summed E-state index contributed by atoms with van der Waals surface area (Å²) in [4.78, 5) is 6.39. The number of halogens is 5. The smallest absolute Gasteiger partial charge is 0.310 e. The molecule has 13 heteroatoms. The van der Waals surface area contributed by atoms with Crippen LogP contribution >= 0.6 is 10.2 Å². The van der Waals surface area contributed by atoms with Crippen LogP contribution in [-0.2, 0) is 6.54 Å². The van der Waals surface area contributed by atoms with E-state index in [0.717, 1.165) is 29.2 Å². The summed E-state index contributed by atoms with van der Waals surface area (Å²) in [6.07, 6.45) is 1.72. The van der Waals surface area contributed by atoms with Crippen LogP contribution in [0.1, 0.15) is 11.3 Å². The third-order valence-corrected chi connectivity index (χ3v) is 5.76. The summed E-state index contributed by atoms with van der Waals surface area (Å²) in [5.74, 6) is 0.730. The number of hydrogen-bond acceptors (Lipinski definition) is 6. The van der Waals surface area contributed by atoms with Gasteiger partial charge >= 0.3 is 10.2 Å². The Morgan fingerprint density at radius 1 is 1.03 bits per heavy atom. The van der Waals surface area contributed by atoms with Crippen molar-refractivity contribution >= 4 is 16.0 Å². The first-order valence-electron chi connectivity index (χ1n) is 9.18. The van der Waals surface area contributed by atoms with Gasteiger partial charge in [-0.15, -0.1) is 0 Å². The van der Waals surface area contributed by atoms with Crippen LogP contribution < -0.4 is 5.32 Å². The van der Waals surface area contributed by atoms with Crippen LogP contribution in [0.3, 0.4) is 0 Å². The number of anilines is 1. The molecule has 0 bridgehead atoms. The average Bonchev–Trinajstić information content (AvgIpc) is 3.34. The van der Waals surface area contributed by atoms with Crippen molar-refractivity contribution in [3.8, 4) is 23.0 Å². The van der Waals surface area contributed by atoms with Crippen LogP contribution in [0.2, 0.25) is 0 Å². The molecule has 0 saturated heterocycles. The van der Waals surface area contributed by atoms with Crippen LogP contribution in [0.5, 0.6) is 0 Å². The van der Waals surface area contributed by atoms with Crippen molar-refractivity contribution in [2.24, 2.45) is 0 Å². The minimum absolute atomic E-state index is 0.0438. The van der Waals surface area contributed by atoms with Gasteiger partial charge in [-0.25, -0.2) is 4.98 Å². The molecule has 32 heavy (non-hydrogen) atoms. The lowest BCUT2D eigenvalue weighted by Gasteiger charge is -2.40. The summed E-state index contributed by atoms with van der Waals surface area (Å²) in [6, 6.07) is 7.80. The Kier molecular flexibility index (Phi) is 4.59. The van der Waals surface area contributed by atoms with Gasteiger partial charge < -0.3 is 9.84 Å². The van der Waals surface area contributed by atoms with Gasteiger partial charge in [-0.1, -0.05) is 30.7 Å². The monoisotopic (exact) mass is 472 g/mol. The zero-order valence-electron chi connectivity index (χ0n) is 16.8. The van der Waals surface area contributed by atoms with Gasteiger partial charge in [-0.3, -0.25) is 4.68 Å². The molecular weight excluding hydrogens is 455 g/mol. The highest BCUT2D eigenvalue weighted by Gasteiger charge is 2.65. The summed E-state index contributed by atoms with van der Waals surface area (Å²) in [7, 11) is -7.97. The third-order valence-electron chi connectivity index (χ3n) is 4.60. The largest absolute Gasteiger partial charge is 0.373 e. The first kappa shape index (κ1) is 21.7. The molecule has 0 unspecified atom stereocenters. The molecule has 0 fully saturated rings. The maximum Gasteiger partial charge on any atom is 0.310 e. The zero-order valence-corrected chi connectivity index (χ0v) is 17.6. The molecule has 1 N–H and O–H groups in total. The standard InChI is InChI=1S/C19H17F5N6OS/c1-12-9-16(28-30(12)11-13-3-8-17(25-2)26-10-13)19-27-18(29-31-19)14-4-6-15(7-5-14)32(20,21,22,23)24/h3-10H,11H2,1-2H3,(H,25,26). The normalized spacial score (nSPS) is 14.1. The van der Waals surface area contributed by atoms with Gasteiger partial charge in [-0.2, -0.15) is 10.1 Å². The van der Waals surface area contributed by atoms with E-state index < -0.39 is 15.1 Å². The molecule has 0 saturated carbocycles. The summed E-state index contributed by atoms with van der Waals surface area (Å²) < 4.78 is 71.2. The van der Waals surface area contributed by atoms with Crippen molar-refractivity contribution < 1.29 is 24.0 Å². The number of pyridine rings is 1. The third kappa shape index (κ3) is 4.56. The number of nitrogens with one attached hydrogen (secondary N) is 1. The summed E-state index contributed by atoms with van der Waals surface area (Å²) in [5, 5.41) is 11.1. The van der Waals surface area contributed by atoms with Crippen LogP contribution in [-0.4, -0.2) is 32.0 Å². The van der Waals surface area contributed by atoms with E-state index in [-0.39, 0.29) is 17.3 Å². The maximum absolute atomic E-state index is 12.9. The lowest BCUT2D eigenvalue weighted by Crippen LogP contribution is -2.05. The van der Waals surface area contributed by atoms with Gasteiger partial charge in [0, 0.05) is 24.5 Å². The van der Waals surface area contributed by atoms with Crippen molar-refractivity contribution in [3.63, 3.8) is 0 Å². The first-order valence-corrected chi connectivity index (χ1v) is 11.1. The second kappa shape index (κ2) is 6.76. The molecule has 3 aromatic heterocycles. The predicted octanol–water partition coefficient (Wildman–Crippen LogP) is 6.05. The SMILES string of the molecule is CNc1ccc(Cn2nc(-c3nc(-c4ccc(S(F)(F)(F)(F)F)cc4)no3)cc2C)cn1. The lowest BCUT2D eigenvalue weighted by molar-refractivity contribution is 0.364. The van der Waals surface area contributed by atoms with E-state index in [4.69, 9.17) is 4.52 Å². The highest BCUT2D eigenvalue weighted by molar-refractivity contribution is 8.45. The van der Waals surface area contributed by atoms with E-state index >= 15 is 0 Å². The van der Waals surface area contributed by atoms with E-state index in [2.05, 4.69) is 25.5 Å². The number of benzene rings is 1. The van der Waals surface area contributed by atoms with Crippen LogP contribution in [0, 0.1) is 6.92 Å². The quantitative estimate of drug-likeness (QED) is 0.344. The molecule has 0 aliphatic heterocycles. The van der Waals surface area contributed by atoms with Crippen LogP contribution in [0.4, 0.5) is 25.2 Å². The van der Waals surface area contributed by atoms with E-state index in [0.29, 0.717) is 24.4 Å². The molecule has 4 aromatic rings. The second-order valence-electron chi connectivity index (χ2n) is 7.05. The number of rotatable bonds is 6. The van der Waals surface area contributed by atoms with Gasteiger partial charge in [0.1, 0.15) is 10.7 Å². The van der Waals surface area contributed by atoms with Gasteiger partial charge in [-0.05, 0) is 48.9 Å². The molecule has 7 nitrogen and oxygen atoms in total. The number of nitrogens with zero attached hydrogens (tertiary/aromatic N) is 5. The fraction of sp³-hybridized carbons (Fsp3) is 0.158. The Bertz CT molecular complexity index is 1270. The van der Waals surface area contributed by atoms with Gasteiger partial charge in [0.25, 0.3) is 5.89 Å². The second-order valence-corrected chi connectivity index (χ2v) is 9.46. The summed E-state index contributed by atoms with van der Waals surface area (Å²) in [5.41, 5.74) is 2.18. The van der Waals surface area contributed by atoms with Crippen molar-refractivity contribution in [1.29, 1.82) is 0 Å². The molecule has 1 aromatic carbocycles. The maximum atomic E-state index is 12.9. The number of aromatic nitrogens is 5. The number of aryl methyl sites for hydroxylation is 1. The van der Waals surface area contributed by atoms with Crippen LogP contribution in [0.15, 0.2) is 58.1 Å². The van der Waals surface area contributed by atoms with Crippen molar-refractivity contribution in [2.75, 3.05) is 12.4 Å². The van der Waals surface area contributed by atoms with Gasteiger partial charge in [0.15, 0.2) is 5.69 Å². The topological polar surface area (TPSA) is 81.7 Å². The van der Waals surface area contributed by atoms with E-state index in [1.54, 1.807) is 24.0 Å². The molecule has 0 aliphatic carbocycles. The van der Waals surface area contributed by atoms with Crippen molar-refractivity contribution in [2.45, 2.75) is 18.4 Å². The van der Waals surface area contributed by atoms with Gasteiger partial charge in [0.2, 0.25) is 5.82 Å². The molecule has 4 rings (SSSR count). The van der Waals surface area contributed by atoms with E-state index in [9.17, 15) is 19.4 Å². The first-order chi connectivity index (χ1) is 14.8. The lowest BCUT2D eigenvalue weighted by atomic mass is 10.2. The predicted molar refractivity (Wildman–Crippen MR) is 110 cm³/mol. The highest BCUT2D eigenvalue weighted by Crippen LogP contribution is 3.02. The molecule has 0 radical (unpaired) electrons. The van der Waals surface area contributed by atoms with Crippen LogP contribution in [0.25, 0.3) is 23.0 Å². The molecule has 170 valence electrons. The van der Waals surface area contributed by atoms with E-state index in [1.807, 2.05) is 19.1 Å². The summed E-state index contributed by atoms with van der Waals surface area (Å²) >= 11 is 0. The molecular formula is C19H17F5N6OS. The van der Waals surface area contributed by atoms with Gasteiger partial charge in [0.05, 0.1) is 6.54 Å². The average molecular weight is 472 g/mol. The Labute approximate surface area is 179 Å². The van der Waals surface area contributed by atoms with Crippen molar-refractivity contribution in [1.82, 2.24) is 24.9 Å². The molecule has 3 heterocycles. The zero-order chi connectivity index (χ0) is 23.2. The summed E-state index contributed by atoms with van der Waals surface area (Å²) in [6.45, 7) is 2.28. The molecule has 0 atom stereocenters. The molecule has 0 amide bonds. The van der Waals surface area contributed by atoms with Crippen molar-refractivity contribution in [3.05, 3.63) is 59.9 Å². The molecule has 0 spiro atoms. The number of hydrogen-bond donors (Lipinski definition) is 1. The molecule has 0 aliphatic rings. The Morgan fingerprint density at radius 3 is 2.34 bits per heavy atom. The fourth-order valence-corrected chi connectivity index (χ4v) is 3.57. The minimum Gasteiger partial charge on any atom is -0.373 e. The Hall–Kier alpha value is -3.48.